The summed E-state index contributed by atoms with van der Waals surface area (Å²) < 4.78 is 1.96. The summed E-state index contributed by atoms with van der Waals surface area (Å²) in [4.78, 5) is 25.3. The first-order valence-corrected chi connectivity index (χ1v) is 15.3. The van der Waals surface area contributed by atoms with Crippen molar-refractivity contribution in [2.24, 2.45) is 0 Å². The quantitative estimate of drug-likeness (QED) is 0.201. The van der Waals surface area contributed by atoms with E-state index in [4.69, 9.17) is 16.6 Å². The summed E-state index contributed by atoms with van der Waals surface area (Å²) in [5.41, 5.74) is 6.12. The number of benzene rings is 3. The van der Waals surface area contributed by atoms with E-state index in [1.165, 1.54) is 11.1 Å². The molecular weight excluding hydrogens is 554 g/mol. The van der Waals surface area contributed by atoms with Gasteiger partial charge in [-0.05, 0) is 66.9 Å². The number of carbonyl (C=O) groups is 1. The molecule has 1 aliphatic heterocycles. The van der Waals surface area contributed by atoms with E-state index in [-0.39, 0.29) is 11.3 Å². The van der Waals surface area contributed by atoms with Gasteiger partial charge in [-0.1, -0.05) is 90.5 Å². The Morgan fingerprint density at radius 3 is 2.07 bits per heavy atom. The third-order valence-electron chi connectivity index (χ3n) is 8.52. The zero-order chi connectivity index (χ0) is 29.5. The summed E-state index contributed by atoms with van der Waals surface area (Å²) in [7, 11) is 0. The zero-order valence-corrected chi connectivity index (χ0v) is 25.0. The van der Waals surface area contributed by atoms with E-state index in [0.717, 1.165) is 42.9 Å². The maximum Gasteiger partial charge on any atom is 0.269 e. The van der Waals surface area contributed by atoms with Gasteiger partial charge >= 0.3 is 0 Å². The van der Waals surface area contributed by atoms with Crippen molar-refractivity contribution in [3.05, 3.63) is 154 Å². The van der Waals surface area contributed by atoms with Crippen molar-refractivity contribution in [3.8, 4) is 0 Å². The molecule has 1 fully saturated rings. The van der Waals surface area contributed by atoms with Gasteiger partial charge in [-0.25, -0.2) is 4.98 Å². The van der Waals surface area contributed by atoms with Crippen molar-refractivity contribution in [2.45, 2.75) is 37.8 Å². The van der Waals surface area contributed by atoms with Crippen LogP contribution >= 0.6 is 11.6 Å². The number of amides is 1. The van der Waals surface area contributed by atoms with Crippen LogP contribution in [0.5, 0.6) is 0 Å². The standard InChI is InChI=1S/C36H36ClN5O/c37-31-16-14-28(15-17-31)25-42-27-40-33(34(42)35(43)39-22-18-32-13-7-8-21-38-32)26-41-23-19-36(20-24-41,29-9-3-1-4-10-29)30-11-5-2-6-12-30/h1-17,21,27H,18-20,22-26H2,(H,39,43). The van der Waals surface area contributed by atoms with E-state index < -0.39 is 0 Å². The van der Waals surface area contributed by atoms with Crippen LogP contribution in [0.2, 0.25) is 5.02 Å². The highest BCUT2D eigenvalue weighted by Gasteiger charge is 2.38. The third-order valence-corrected chi connectivity index (χ3v) is 8.78. The molecule has 1 amide bonds. The number of aromatic nitrogens is 3. The van der Waals surface area contributed by atoms with E-state index in [1.54, 1.807) is 12.5 Å². The lowest BCUT2D eigenvalue weighted by Gasteiger charge is -2.43. The number of likely N-dealkylation sites (tertiary alicyclic amines) is 1. The van der Waals surface area contributed by atoms with Gasteiger partial charge in [-0.3, -0.25) is 14.7 Å². The average Bonchev–Trinajstić information content (AvgIpc) is 3.45. The monoisotopic (exact) mass is 589 g/mol. The zero-order valence-electron chi connectivity index (χ0n) is 24.2. The second-order valence-corrected chi connectivity index (χ2v) is 11.6. The number of rotatable bonds is 10. The second-order valence-electron chi connectivity index (χ2n) is 11.2. The molecular formula is C36H36ClN5O. The summed E-state index contributed by atoms with van der Waals surface area (Å²) in [6.07, 6.45) is 6.23. The minimum atomic E-state index is -0.114. The lowest BCUT2D eigenvalue weighted by molar-refractivity contribution is 0.0941. The lowest BCUT2D eigenvalue weighted by Crippen LogP contribution is -2.43. The summed E-state index contributed by atoms with van der Waals surface area (Å²) in [5, 5.41) is 3.81. The fourth-order valence-electron chi connectivity index (χ4n) is 6.20. The normalized spacial score (nSPS) is 14.8. The molecule has 0 saturated carbocycles. The molecule has 0 atom stereocenters. The lowest BCUT2D eigenvalue weighted by atomic mass is 9.68. The smallest absolute Gasteiger partial charge is 0.269 e. The minimum absolute atomic E-state index is 0.0291. The Morgan fingerprint density at radius 2 is 1.44 bits per heavy atom. The molecule has 0 radical (unpaired) electrons. The minimum Gasteiger partial charge on any atom is -0.350 e. The van der Waals surface area contributed by atoms with Gasteiger partial charge in [0.25, 0.3) is 5.91 Å². The van der Waals surface area contributed by atoms with Gasteiger partial charge in [0, 0.05) is 48.4 Å². The molecule has 7 heteroatoms. The van der Waals surface area contributed by atoms with Crippen molar-refractivity contribution in [1.29, 1.82) is 0 Å². The Morgan fingerprint density at radius 1 is 0.791 bits per heavy atom. The predicted octanol–water partition coefficient (Wildman–Crippen LogP) is 6.53. The highest BCUT2D eigenvalue weighted by atomic mass is 35.5. The van der Waals surface area contributed by atoms with Gasteiger partial charge < -0.3 is 9.88 Å². The fraction of sp³-hybridized carbons (Fsp3) is 0.250. The van der Waals surface area contributed by atoms with Crippen LogP contribution in [0.25, 0.3) is 0 Å². The van der Waals surface area contributed by atoms with E-state index in [2.05, 4.69) is 75.9 Å². The van der Waals surface area contributed by atoms with Crippen LogP contribution in [0.3, 0.4) is 0 Å². The van der Waals surface area contributed by atoms with Crippen molar-refractivity contribution >= 4 is 17.5 Å². The molecule has 2 aromatic heterocycles. The molecule has 43 heavy (non-hydrogen) atoms. The van der Waals surface area contributed by atoms with Gasteiger partial charge in [0.1, 0.15) is 5.69 Å². The topological polar surface area (TPSA) is 63.1 Å². The van der Waals surface area contributed by atoms with Crippen LogP contribution in [0.15, 0.2) is 116 Å². The van der Waals surface area contributed by atoms with E-state index in [9.17, 15) is 4.79 Å². The number of imidazole rings is 1. The van der Waals surface area contributed by atoms with Crippen LogP contribution in [-0.2, 0) is 24.9 Å². The molecule has 1 N–H and O–H groups in total. The molecule has 5 aromatic rings. The average molecular weight is 590 g/mol. The van der Waals surface area contributed by atoms with Crippen molar-refractivity contribution in [3.63, 3.8) is 0 Å². The van der Waals surface area contributed by atoms with Gasteiger partial charge in [-0.15, -0.1) is 0 Å². The van der Waals surface area contributed by atoms with E-state index in [1.807, 2.05) is 47.0 Å². The van der Waals surface area contributed by atoms with Crippen LogP contribution in [0.1, 0.15) is 51.4 Å². The van der Waals surface area contributed by atoms with Gasteiger partial charge in [0.15, 0.2) is 0 Å². The Balaban J connectivity index is 1.21. The molecule has 218 valence electrons. The van der Waals surface area contributed by atoms with Gasteiger partial charge in [-0.2, -0.15) is 0 Å². The maximum absolute atomic E-state index is 13.7. The molecule has 0 spiro atoms. The Hall–Kier alpha value is -4.26. The fourth-order valence-corrected chi connectivity index (χ4v) is 6.33. The Labute approximate surface area is 258 Å². The molecule has 0 unspecified atom stereocenters. The van der Waals surface area contributed by atoms with Gasteiger partial charge in [0.2, 0.25) is 0 Å². The number of piperidine rings is 1. The first-order valence-electron chi connectivity index (χ1n) is 14.9. The van der Waals surface area contributed by atoms with E-state index >= 15 is 0 Å². The molecule has 0 bridgehead atoms. The Kier molecular flexibility index (Phi) is 8.96. The summed E-state index contributed by atoms with van der Waals surface area (Å²) in [5.74, 6) is -0.114. The summed E-state index contributed by atoms with van der Waals surface area (Å²) in [6.45, 7) is 3.49. The molecule has 1 saturated heterocycles. The number of nitrogens with zero attached hydrogens (tertiary/aromatic N) is 4. The van der Waals surface area contributed by atoms with Crippen molar-refractivity contribution in [2.75, 3.05) is 19.6 Å². The SMILES string of the molecule is O=C(NCCc1ccccn1)c1c(CN2CCC(c3ccccc3)(c3ccccc3)CC2)ncn1Cc1ccc(Cl)cc1. The first-order chi connectivity index (χ1) is 21.1. The Bertz CT molecular complexity index is 1570. The molecule has 3 aromatic carbocycles. The van der Waals surface area contributed by atoms with Crippen LogP contribution in [0, 0.1) is 0 Å². The number of nitrogens with one attached hydrogen (secondary N) is 1. The largest absolute Gasteiger partial charge is 0.350 e. The summed E-state index contributed by atoms with van der Waals surface area (Å²) >= 11 is 6.12. The van der Waals surface area contributed by atoms with Crippen LogP contribution < -0.4 is 5.32 Å². The predicted molar refractivity (Wildman–Crippen MR) is 171 cm³/mol. The van der Waals surface area contributed by atoms with Crippen LogP contribution in [-0.4, -0.2) is 45.0 Å². The highest BCUT2D eigenvalue weighted by molar-refractivity contribution is 6.30. The number of hydrogen-bond donors (Lipinski definition) is 1. The summed E-state index contributed by atoms with van der Waals surface area (Å²) in [6, 6.07) is 35.3. The van der Waals surface area contributed by atoms with E-state index in [0.29, 0.717) is 36.8 Å². The number of hydrogen-bond acceptors (Lipinski definition) is 4. The second kappa shape index (κ2) is 13.4. The number of halogens is 1. The van der Waals surface area contributed by atoms with Crippen molar-refractivity contribution in [1.82, 2.24) is 24.8 Å². The molecule has 3 heterocycles. The molecule has 6 nitrogen and oxygen atoms in total. The molecule has 6 rings (SSSR count). The molecule has 1 aliphatic rings. The highest BCUT2D eigenvalue weighted by Crippen LogP contribution is 2.42. The maximum atomic E-state index is 13.7. The number of carbonyl (C=O) groups excluding carboxylic acids is 1. The van der Waals surface area contributed by atoms with Crippen molar-refractivity contribution < 1.29 is 4.79 Å². The van der Waals surface area contributed by atoms with Crippen LogP contribution in [0.4, 0.5) is 0 Å². The van der Waals surface area contributed by atoms with Gasteiger partial charge in [0.05, 0.1) is 12.0 Å². The third kappa shape index (κ3) is 6.71. The first kappa shape index (κ1) is 28.8. The molecule has 0 aliphatic carbocycles. The number of pyridine rings is 1.